The molecule has 0 saturated carbocycles. The highest BCUT2D eigenvalue weighted by Crippen LogP contribution is 2.23. The Hall–Kier alpha value is -0.120. The van der Waals surface area contributed by atoms with Crippen molar-refractivity contribution in [1.29, 1.82) is 0 Å². The van der Waals surface area contributed by atoms with E-state index in [0.29, 0.717) is 12.0 Å². The third-order valence-electron chi connectivity index (χ3n) is 4.04. The molecule has 2 aliphatic heterocycles. The Bertz CT molecular complexity index is 196. The van der Waals surface area contributed by atoms with E-state index in [0.717, 1.165) is 51.9 Å². The molecule has 2 saturated heterocycles. The van der Waals surface area contributed by atoms with Gasteiger partial charge in [0.25, 0.3) is 0 Å². The summed E-state index contributed by atoms with van der Waals surface area (Å²) in [6, 6.07) is 0. The molecule has 3 heteroatoms. The van der Waals surface area contributed by atoms with Crippen LogP contribution in [0.1, 0.15) is 51.4 Å². The maximum absolute atomic E-state index is 10.0. The second kappa shape index (κ2) is 7.34. The first-order valence-electron chi connectivity index (χ1n) is 7.22. The van der Waals surface area contributed by atoms with Crippen molar-refractivity contribution in [3.63, 3.8) is 0 Å². The molecule has 0 aromatic rings. The fraction of sp³-hybridized carbons (Fsp3) is 1.00. The van der Waals surface area contributed by atoms with Crippen molar-refractivity contribution in [2.24, 2.45) is 5.92 Å². The third kappa shape index (κ3) is 4.94. The molecule has 2 unspecified atom stereocenters. The van der Waals surface area contributed by atoms with Crippen LogP contribution in [0.3, 0.4) is 0 Å². The van der Waals surface area contributed by atoms with Crippen molar-refractivity contribution in [1.82, 2.24) is 0 Å². The number of rotatable bonds is 5. The van der Waals surface area contributed by atoms with Crippen LogP contribution in [0.5, 0.6) is 0 Å². The first-order valence-corrected chi connectivity index (χ1v) is 7.22. The summed E-state index contributed by atoms with van der Waals surface area (Å²) in [4.78, 5) is 0. The van der Waals surface area contributed by atoms with Gasteiger partial charge in [-0.25, -0.2) is 0 Å². The average molecular weight is 242 g/mol. The number of hydrogen-bond donors (Lipinski definition) is 1. The lowest BCUT2D eigenvalue weighted by Gasteiger charge is -2.26. The summed E-state index contributed by atoms with van der Waals surface area (Å²) in [6.45, 7) is 2.67. The maximum Gasteiger partial charge on any atom is 0.0576 e. The van der Waals surface area contributed by atoms with Gasteiger partial charge in [-0.1, -0.05) is 0 Å². The molecule has 0 amide bonds. The predicted molar refractivity (Wildman–Crippen MR) is 67.0 cm³/mol. The maximum atomic E-state index is 10.0. The zero-order valence-electron chi connectivity index (χ0n) is 10.8. The first kappa shape index (κ1) is 13.3. The first-order chi connectivity index (χ1) is 8.34. The molecular formula is C14H26O3. The summed E-state index contributed by atoms with van der Waals surface area (Å²) in [5.41, 5.74) is 0. The summed E-state index contributed by atoms with van der Waals surface area (Å²) in [6.07, 6.45) is 9.10. The number of hydrogen-bond acceptors (Lipinski definition) is 3. The van der Waals surface area contributed by atoms with Crippen LogP contribution in [0.2, 0.25) is 0 Å². The van der Waals surface area contributed by atoms with Gasteiger partial charge in [0.15, 0.2) is 0 Å². The van der Waals surface area contributed by atoms with Gasteiger partial charge in [-0.05, 0) is 57.3 Å². The Balaban J connectivity index is 1.57. The Morgan fingerprint density at radius 3 is 2.59 bits per heavy atom. The zero-order valence-corrected chi connectivity index (χ0v) is 10.8. The van der Waals surface area contributed by atoms with E-state index < -0.39 is 0 Å². The molecule has 0 bridgehead atoms. The van der Waals surface area contributed by atoms with Gasteiger partial charge in [-0.15, -0.1) is 0 Å². The highest BCUT2D eigenvalue weighted by atomic mass is 16.5. The van der Waals surface area contributed by atoms with E-state index in [9.17, 15) is 5.11 Å². The lowest BCUT2D eigenvalue weighted by Crippen LogP contribution is -2.24. The van der Waals surface area contributed by atoms with Crippen molar-refractivity contribution >= 4 is 0 Å². The van der Waals surface area contributed by atoms with Crippen molar-refractivity contribution < 1.29 is 14.6 Å². The van der Waals surface area contributed by atoms with Crippen LogP contribution in [-0.4, -0.2) is 37.1 Å². The molecule has 0 aliphatic carbocycles. The molecule has 0 aromatic carbocycles. The molecule has 2 aliphatic rings. The lowest BCUT2D eigenvalue weighted by molar-refractivity contribution is -0.00285. The minimum absolute atomic E-state index is 0.136. The fourth-order valence-electron chi connectivity index (χ4n) is 2.90. The van der Waals surface area contributed by atoms with Crippen molar-refractivity contribution in [2.75, 3.05) is 19.8 Å². The van der Waals surface area contributed by atoms with Gasteiger partial charge in [0.1, 0.15) is 0 Å². The summed E-state index contributed by atoms with van der Waals surface area (Å²) in [5, 5.41) is 10.0. The van der Waals surface area contributed by atoms with E-state index in [1.165, 1.54) is 19.3 Å². The molecule has 2 fully saturated rings. The highest BCUT2D eigenvalue weighted by molar-refractivity contribution is 4.71. The van der Waals surface area contributed by atoms with E-state index in [1.54, 1.807) is 0 Å². The van der Waals surface area contributed by atoms with Crippen molar-refractivity contribution in [2.45, 2.75) is 63.6 Å². The van der Waals surface area contributed by atoms with Gasteiger partial charge in [0.2, 0.25) is 0 Å². The smallest absolute Gasteiger partial charge is 0.0576 e. The molecule has 2 heterocycles. The number of aliphatic hydroxyl groups is 1. The van der Waals surface area contributed by atoms with Gasteiger partial charge in [-0.2, -0.15) is 0 Å². The topological polar surface area (TPSA) is 38.7 Å². The highest BCUT2D eigenvalue weighted by Gasteiger charge is 2.20. The van der Waals surface area contributed by atoms with Crippen LogP contribution in [-0.2, 0) is 9.47 Å². The van der Waals surface area contributed by atoms with E-state index in [2.05, 4.69) is 0 Å². The van der Waals surface area contributed by atoms with Crippen LogP contribution >= 0.6 is 0 Å². The van der Waals surface area contributed by atoms with Crippen LogP contribution < -0.4 is 0 Å². The number of aliphatic hydroxyl groups excluding tert-OH is 1. The Kier molecular flexibility index (Phi) is 5.75. The summed E-state index contributed by atoms with van der Waals surface area (Å²) in [5.74, 6) is 0.672. The number of ether oxygens (including phenoxy) is 2. The zero-order chi connectivity index (χ0) is 11.9. The molecular weight excluding hydrogens is 216 g/mol. The largest absolute Gasteiger partial charge is 0.393 e. The summed E-state index contributed by atoms with van der Waals surface area (Å²) >= 11 is 0. The Labute approximate surface area is 104 Å². The van der Waals surface area contributed by atoms with Crippen LogP contribution in [0, 0.1) is 5.92 Å². The van der Waals surface area contributed by atoms with Gasteiger partial charge < -0.3 is 14.6 Å². The molecule has 3 nitrogen and oxygen atoms in total. The standard InChI is InChI=1S/C14H26O3/c15-13(11-12-6-9-16-10-7-12)4-5-14-3-1-2-8-17-14/h12-15H,1-11H2. The minimum atomic E-state index is -0.136. The van der Waals surface area contributed by atoms with Gasteiger partial charge in [0, 0.05) is 19.8 Å². The van der Waals surface area contributed by atoms with E-state index in [1.807, 2.05) is 0 Å². The normalized spacial score (nSPS) is 29.1. The molecule has 2 rings (SSSR count). The van der Waals surface area contributed by atoms with Gasteiger partial charge in [0.05, 0.1) is 12.2 Å². The van der Waals surface area contributed by atoms with Crippen LogP contribution in [0.4, 0.5) is 0 Å². The summed E-state index contributed by atoms with van der Waals surface area (Å²) < 4.78 is 11.0. The van der Waals surface area contributed by atoms with E-state index >= 15 is 0 Å². The predicted octanol–water partition coefficient (Wildman–Crippen LogP) is 2.51. The third-order valence-corrected chi connectivity index (χ3v) is 4.04. The molecule has 0 radical (unpaired) electrons. The molecule has 0 aromatic heterocycles. The molecule has 1 N–H and O–H groups in total. The Morgan fingerprint density at radius 2 is 1.88 bits per heavy atom. The second-order valence-electron chi connectivity index (χ2n) is 5.51. The molecule has 0 spiro atoms. The Morgan fingerprint density at radius 1 is 1.06 bits per heavy atom. The van der Waals surface area contributed by atoms with Crippen molar-refractivity contribution in [3.8, 4) is 0 Å². The second-order valence-corrected chi connectivity index (χ2v) is 5.51. The lowest BCUT2D eigenvalue weighted by atomic mass is 9.91. The quantitative estimate of drug-likeness (QED) is 0.805. The molecule has 2 atom stereocenters. The SMILES string of the molecule is OC(CCC1CCCCO1)CC1CCOCC1. The molecule has 17 heavy (non-hydrogen) atoms. The molecule has 100 valence electrons. The van der Waals surface area contributed by atoms with Crippen LogP contribution in [0.25, 0.3) is 0 Å². The minimum Gasteiger partial charge on any atom is -0.393 e. The van der Waals surface area contributed by atoms with E-state index in [-0.39, 0.29) is 6.10 Å². The fourth-order valence-corrected chi connectivity index (χ4v) is 2.90. The van der Waals surface area contributed by atoms with E-state index in [4.69, 9.17) is 9.47 Å². The van der Waals surface area contributed by atoms with Gasteiger partial charge >= 0.3 is 0 Å². The average Bonchev–Trinajstić information content (AvgIpc) is 2.39. The van der Waals surface area contributed by atoms with Gasteiger partial charge in [-0.3, -0.25) is 0 Å². The summed E-state index contributed by atoms with van der Waals surface area (Å²) in [7, 11) is 0. The van der Waals surface area contributed by atoms with Crippen LogP contribution in [0.15, 0.2) is 0 Å². The monoisotopic (exact) mass is 242 g/mol. The van der Waals surface area contributed by atoms with Crippen molar-refractivity contribution in [3.05, 3.63) is 0 Å².